The maximum atomic E-state index is 14.1. The molecule has 1 aromatic heterocycles. The summed E-state index contributed by atoms with van der Waals surface area (Å²) < 4.78 is 14.1. The van der Waals surface area contributed by atoms with Gasteiger partial charge in [-0.2, -0.15) is 0 Å². The molecule has 7 nitrogen and oxygen atoms in total. The van der Waals surface area contributed by atoms with Gasteiger partial charge >= 0.3 is 0 Å². The average molecular weight is 416 g/mol. The standard InChI is InChI=1S/C20H21FN4O3S/c1-13(26)25(16-7-3-2-6-15(16)21)20-23-14(12-29-20)9-10-18(27)24-11-5-4-8-17(24)19(22)28/h2-3,6-7,9-10,12,17H,4-5,8,11H2,1H3,(H2,22,28)/b10-9+/t17-/m0/s1. The molecule has 0 radical (unpaired) electrons. The molecule has 2 N–H and O–H groups in total. The maximum absolute atomic E-state index is 14.1. The number of anilines is 2. The molecule has 0 unspecified atom stereocenters. The first-order chi connectivity index (χ1) is 13.9. The fourth-order valence-electron chi connectivity index (χ4n) is 3.24. The van der Waals surface area contributed by atoms with Crippen LogP contribution in [0.1, 0.15) is 31.9 Å². The van der Waals surface area contributed by atoms with Crippen LogP contribution in [-0.2, 0) is 14.4 Å². The van der Waals surface area contributed by atoms with Gasteiger partial charge in [0.2, 0.25) is 17.7 Å². The van der Waals surface area contributed by atoms with E-state index in [2.05, 4.69) is 4.98 Å². The minimum absolute atomic E-state index is 0.110. The maximum Gasteiger partial charge on any atom is 0.247 e. The summed E-state index contributed by atoms with van der Waals surface area (Å²) in [6.45, 7) is 1.80. The zero-order valence-electron chi connectivity index (χ0n) is 15.9. The first kappa shape index (κ1) is 20.7. The number of amides is 3. The van der Waals surface area contributed by atoms with Gasteiger partial charge in [0, 0.05) is 24.9 Å². The van der Waals surface area contributed by atoms with E-state index in [1.54, 1.807) is 17.5 Å². The summed E-state index contributed by atoms with van der Waals surface area (Å²) in [6.07, 6.45) is 5.08. The first-order valence-corrected chi connectivity index (χ1v) is 10.0. The van der Waals surface area contributed by atoms with Crippen molar-refractivity contribution in [2.75, 3.05) is 11.4 Å². The van der Waals surface area contributed by atoms with E-state index >= 15 is 0 Å². The third-order valence-corrected chi connectivity index (χ3v) is 5.46. The highest BCUT2D eigenvalue weighted by Crippen LogP contribution is 2.31. The van der Waals surface area contributed by atoms with E-state index in [4.69, 9.17) is 5.73 Å². The number of nitrogens with two attached hydrogens (primary N) is 1. The molecular formula is C20H21FN4O3S. The van der Waals surface area contributed by atoms with Crippen LogP contribution in [0.4, 0.5) is 15.2 Å². The van der Waals surface area contributed by atoms with Crippen molar-refractivity contribution in [3.05, 3.63) is 47.2 Å². The monoisotopic (exact) mass is 416 g/mol. The van der Waals surface area contributed by atoms with Gasteiger partial charge in [-0.3, -0.25) is 19.3 Å². The Balaban J connectivity index is 1.78. The van der Waals surface area contributed by atoms with E-state index in [1.165, 1.54) is 41.0 Å². The Bertz CT molecular complexity index is 959. The lowest BCUT2D eigenvalue weighted by molar-refractivity contribution is -0.137. The Morgan fingerprint density at radius 3 is 2.76 bits per heavy atom. The number of thiazole rings is 1. The van der Waals surface area contributed by atoms with E-state index in [-0.39, 0.29) is 17.5 Å². The summed E-state index contributed by atoms with van der Waals surface area (Å²) in [4.78, 5) is 43.1. The van der Waals surface area contributed by atoms with Crippen molar-refractivity contribution in [3.63, 3.8) is 0 Å². The molecule has 9 heteroatoms. The van der Waals surface area contributed by atoms with Crippen LogP contribution < -0.4 is 10.6 Å². The molecule has 1 saturated heterocycles. The highest BCUT2D eigenvalue weighted by molar-refractivity contribution is 7.14. The number of likely N-dealkylation sites (tertiary alicyclic amines) is 1. The average Bonchev–Trinajstić information content (AvgIpc) is 3.16. The van der Waals surface area contributed by atoms with Gasteiger partial charge in [-0.15, -0.1) is 11.3 Å². The lowest BCUT2D eigenvalue weighted by Crippen LogP contribution is -2.49. The van der Waals surface area contributed by atoms with Crippen molar-refractivity contribution in [2.45, 2.75) is 32.2 Å². The molecule has 1 aromatic carbocycles. The molecule has 3 rings (SSSR count). The molecule has 152 valence electrons. The molecule has 2 aromatic rings. The third kappa shape index (κ3) is 4.68. The molecule has 0 aliphatic carbocycles. The predicted octanol–water partition coefficient (Wildman–Crippen LogP) is 2.85. The number of carbonyl (C=O) groups is 3. The minimum atomic E-state index is -0.596. The molecule has 0 bridgehead atoms. The van der Waals surface area contributed by atoms with Crippen molar-refractivity contribution >= 4 is 46.0 Å². The van der Waals surface area contributed by atoms with Crippen molar-refractivity contribution in [2.24, 2.45) is 5.73 Å². The van der Waals surface area contributed by atoms with Gasteiger partial charge in [-0.05, 0) is 37.5 Å². The van der Waals surface area contributed by atoms with Gasteiger partial charge in [0.15, 0.2) is 5.13 Å². The molecule has 1 aliphatic rings. The Kier molecular flexibility index (Phi) is 6.38. The predicted molar refractivity (Wildman–Crippen MR) is 109 cm³/mol. The number of benzene rings is 1. The second-order valence-electron chi connectivity index (χ2n) is 6.64. The van der Waals surface area contributed by atoms with Gasteiger partial charge in [-0.25, -0.2) is 9.37 Å². The van der Waals surface area contributed by atoms with Crippen LogP contribution in [0.3, 0.4) is 0 Å². The highest BCUT2D eigenvalue weighted by Gasteiger charge is 2.29. The van der Waals surface area contributed by atoms with Gasteiger partial charge in [-0.1, -0.05) is 12.1 Å². The Morgan fingerprint density at radius 2 is 2.07 bits per heavy atom. The number of nitrogens with zero attached hydrogens (tertiary/aromatic N) is 3. The molecule has 3 amide bonds. The molecule has 0 saturated carbocycles. The zero-order chi connectivity index (χ0) is 21.0. The molecular weight excluding hydrogens is 395 g/mol. The number of rotatable bonds is 5. The highest BCUT2D eigenvalue weighted by atomic mass is 32.1. The summed E-state index contributed by atoms with van der Waals surface area (Å²) in [5.74, 6) is -1.74. The summed E-state index contributed by atoms with van der Waals surface area (Å²) in [6, 6.07) is 5.35. The van der Waals surface area contributed by atoms with Crippen molar-refractivity contribution in [1.82, 2.24) is 9.88 Å². The second-order valence-corrected chi connectivity index (χ2v) is 7.48. The quantitative estimate of drug-likeness (QED) is 0.758. The molecule has 1 aliphatic heterocycles. The number of carbonyl (C=O) groups excluding carboxylic acids is 3. The third-order valence-electron chi connectivity index (χ3n) is 4.62. The van der Waals surface area contributed by atoms with Crippen LogP contribution in [0.15, 0.2) is 35.7 Å². The van der Waals surface area contributed by atoms with E-state index in [1.807, 2.05) is 0 Å². The number of hydrogen-bond donors (Lipinski definition) is 1. The van der Waals surface area contributed by atoms with Gasteiger partial charge in [0.05, 0.1) is 11.4 Å². The number of aromatic nitrogens is 1. The van der Waals surface area contributed by atoms with Gasteiger partial charge < -0.3 is 10.6 Å². The SMILES string of the molecule is CC(=O)N(c1nc(/C=C/C(=O)N2CCCC[C@H]2C(N)=O)cs1)c1ccccc1F. The Hall–Kier alpha value is -3.07. The van der Waals surface area contributed by atoms with Gasteiger partial charge in [0.1, 0.15) is 11.9 Å². The number of halogens is 1. The second kappa shape index (κ2) is 8.95. The largest absolute Gasteiger partial charge is 0.368 e. The number of para-hydroxylation sites is 1. The molecule has 2 heterocycles. The fraction of sp³-hybridized carbons (Fsp3) is 0.300. The van der Waals surface area contributed by atoms with Crippen LogP contribution in [-0.4, -0.2) is 40.2 Å². The van der Waals surface area contributed by atoms with Crippen LogP contribution in [0.25, 0.3) is 6.08 Å². The lowest BCUT2D eigenvalue weighted by atomic mass is 10.0. The van der Waals surface area contributed by atoms with Crippen molar-refractivity contribution in [1.29, 1.82) is 0 Å². The van der Waals surface area contributed by atoms with Crippen LogP contribution >= 0.6 is 11.3 Å². The Labute approximate surface area is 171 Å². The number of piperidine rings is 1. The van der Waals surface area contributed by atoms with E-state index < -0.39 is 17.8 Å². The molecule has 29 heavy (non-hydrogen) atoms. The summed E-state index contributed by atoms with van der Waals surface area (Å²) in [7, 11) is 0. The topological polar surface area (TPSA) is 96.6 Å². The van der Waals surface area contributed by atoms with Crippen molar-refractivity contribution < 1.29 is 18.8 Å². The summed E-state index contributed by atoms with van der Waals surface area (Å²) in [5, 5.41) is 1.96. The normalized spacial score (nSPS) is 16.8. The molecule has 1 atom stereocenters. The smallest absolute Gasteiger partial charge is 0.247 e. The number of hydrogen-bond acceptors (Lipinski definition) is 5. The first-order valence-electron chi connectivity index (χ1n) is 9.17. The van der Waals surface area contributed by atoms with Crippen LogP contribution in [0.5, 0.6) is 0 Å². The minimum Gasteiger partial charge on any atom is -0.368 e. The van der Waals surface area contributed by atoms with E-state index in [0.717, 1.165) is 24.2 Å². The fourth-order valence-corrected chi connectivity index (χ4v) is 4.09. The van der Waals surface area contributed by atoms with Crippen molar-refractivity contribution in [3.8, 4) is 0 Å². The number of primary amides is 1. The van der Waals surface area contributed by atoms with E-state index in [9.17, 15) is 18.8 Å². The zero-order valence-corrected chi connectivity index (χ0v) is 16.7. The van der Waals surface area contributed by atoms with Crippen LogP contribution in [0.2, 0.25) is 0 Å². The molecule has 1 fully saturated rings. The molecule has 0 spiro atoms. The van der Waals surface area contributed by atoms with E-state index in [0.29, 0.717) is 23.8 Å². The summed E-state index contributed by atoms with van der Waals surface area (Å²) >= 11 is 1.16. The summed E-state index contributed by atoms with van der Waals surface area (Å²) in [5.41, 5.74) is 5.96. The van der Waals surface area contributed by atoms with Gasteiger partial charge in [0.25, 0.3) is 0 Å². The lowest BCUT2D eigenvalue weighted by Gasteiger charge is -2.32. The Morgan fingerprint density at radius 1 is 1.31 bits per heavy atom. The van der Waals surface area contributed by atoms with Crippen LogP contribution in [0, 0.1) is 5.82 Å².